The van der Waals surface area contributed by atoms with Gasteiger partial charge < -0.3 is 15.0 Å². The van der Waals surface area contributed by atoms with Crippen LogP contribution < -0.4 is 5.32 Å². The highest BCUT2D eigenvalue weighted by Gasteiger charge is 2.21. The predicted molar refractivity (Wildman–Crippen MR) is 71.6 cm³/mol. The van der Waals surface area contributed by atoms with Crippen molar-refractivity contribution in [3.05, 3.63) is 36.0 Å². The molecule has 0 aliphatic rings. The molecule has 2 aromatic rings. The summed E-state index contributed by atoms with van der Waals surface area (Å²) in [7, 11) is 1.31. The Bertz CT molecular complexity index is 604. The minimum Gasteiger partial charge on any atom is -0.467 e. The van der Waals surface area contributed by atoms with Gasteiger partial charge in [-0.3, -0.25) is 4.79 Å². The summed E-state index contributed by atoms with van der Waals surface area (Å²) in [6, 6.07) is 7.10. The second-order valence-electron chi connectivity index (χ2n) is 4.34. The van der Waals surface area contributed by atoms with Crippen LogP contribution in [-0.2, 0) is 20.7 Å². The molecule has 1 heterocycles. The molecule has 1 atom stereocenters. The molecule has 0 aliphatic carbocycles. The van der Waals surface area contributed by atoms with E-state index >= 15 is 0 Å². The van der Waals surface area contributed by atoms with Crippen molar-refractivity contribution in [3.63, 3.8) is 0 Å². The smallest absolute Gasteiger partial charge is 0.328 e. The first-order valence-electron chi connectivity index (χ1n) is 6.01. The van der Waals surface area contributed by atoms with Gasteiger partial charge in [0.2, 0.25) is 5.91 Å². The molecule has 0 saturated heterocycles. The van der Waals surface area contributed by atoms with Crippen LogP contribution in [0.5, 0.6) is 0 Å². The maximum absolute atomic E-state index is 11.7. The van der Waals surface area contributed by atoms with Crippen LogP contribution in [0, 0.1) is 0 Å². The summed E-state index contributed by atoms with van der Waals surface area (Å²) in [6.07, 6.45) is 2.25. The Hall–Kier alpha value is -2.30. The van der Waals surface area contributed by atoms with Crippen molar-refractivity contribution >= 4 is 22.8 Å². The third-order valence-corrected chi connectivity index (χ3v) is 2.97. The van der Waals surface area contributed by atoms with E-state index in [-0.39, 0.29) is 5.91 Å². The fourth-order valence-corrected chi connectivity index (χ4v) is 2.13. The maximum Gasteiger partial charge on any atom is 0.328 e. The van der Waals surface area contributed by atoms with E-state index in [1.165, 1.54) is 14.0 Å². The molecule has 5 nitrogen and oxygen atoms in total. The van der Waals surface area contributed by atoms with Gasteiger partial charge in [-0.15, -0.1) is 0 Å². The lowest BCUT2D eigenvalue weighted by atomic mass is 10.0. The molecule has 2 N–H and O–H groups in total. The molecule has 19 heavy (non-hydrogen) atoms. The number of carbonyl (C=O) groups excluding carboxylic acids is 2. The number of fused-ring (bicyclic) bond motifs is 1. The van der Waals surface area contributed by atoms with Crippen LogP contribution in [0.15, 0.2) is 30.5 Å². The van der Waals surface area contributed by atoms with E-state index in [1.807, 2.05) is 30.5 Å². The van der Waals surface area contributed by atoms with Crippen molar-refractivity contribution in [2.45, 2.75) is 19.4 Å². The molecule has 0 bridgehead atoms. The van der Waals surface area contributed by atoms with Crippen LogP contribution in [0.3, 0.4) is 0 Å². The van der Waals surface area contributed by atoms with Gasteiger partial charge in [0.05, 0.1) is 7.11 Å². The van der Waals surface area contributed by atoms with Crippen LogP contribution in [0.25, 0.3) is 10.9 Å². The average molecular weight is 260 g/mol. The highest BCUT2D eigenvalue weighted by Crippen LogP contribution is 2.19. The minimum absolute atomic E-state index is 0.253. The van der Waals surface area contributed by atoms with Crippen LogP contribution >= 0.6 is 0 Å². The number of hydrogen-bond donors (Lipinski definition) is 2. The number of hydrogen-bond acceptors (Lipinski definition) is 3. The Morgan fingerprint density at radius 1 is 1.37 bits per heavy atom. The van der Waals surface area contributed by atoms with Crippen molar-refractivity contribution in [2.75, 3.05) is 7.11 Å². The Kier molecular flexibility index (Phi) is 3.85. The zero-order valence-corrected chi connectivity index (χ0v) is 10.9. The summed E-state index contributed by atoms with van der Waals surface area (Å²) in [6.45, 7) is 1.38. The van der Waals surface area contributed by atoms with Crippen molar-refractivity contribution in [2.24, 2.45) is 0 Å². The van der Waals surface area contributed by atoms with Gasteiger partial charge in [-0.25, -0.2) is 4.79 Å². The number of carbonyl (C=O) groups is 2. The summed E-state index contributed by atoms with van der Waals surface area (Å²) in [5, 5.41) is 3.66. The lowest BCUT2D eigenvalue weighted by Crippen LogP contribution is -2.42. The van der Waals surface area contributed by atoms with E-state index in [2.05, 4.69) is 10.3 Å². The number of aromatic nitrogens is 1. The number of esters is 1. The van der Waals surface area contributed by atoms with E-state index in [0.29, 0.717) is 6.42 Å². The largest absolute Gasteiger partial charge is 0.467 e. The molecule has 0 saturated carbocycles. The molecule has 1 amide bonds. The Morgan fingerprint density at radius 3 is 2.84 bits per heavy atom. The van der Waals surface area contributed by atoms with Gasteiger partial charge in [0.1, 0.15) is 6.04 Å². The van der Waals surface area contributed by atoms with Gasteiger partial charge in [0.25, 0.3) is 0 Å². The number of amides is 1. The minimum atomic E-state index is -0.664. The number of ether oxygens (including phenoxy) is 1. The lowest BCUT2D eigenvalue weighted by molar-refractivity contribution is -0.144. The summed E-state index contributed by atoms with van der Waals surface area (Å²) >= 11 is 0. The normalized spacial score (nSPS) is 12.1. The topological polar surface area (TPSA) is 71.2 Å². The lowest BCUT2D eigenvalue weighted by Gasteiger charge is -2.16. The maximum atomic E-state index is 11.7. The Morgan fingerprint density at radius 2 is 2.16 bits per heavy atom. The highest BCUT2D eigenvalue weighted by atomic mass is 16.5. The number of benzene rings is 1. The first-order valence-corrected chi connectivity index (χ1v) is 6.01. The zero-order chi connectivity index (χ0) is 13.8. The first kappa shape index (κ1) is 13.1. The molecule has 0 unspecified atom stereocenters. The second-order valence-corrected chi connectivity index (χ2v) is 4.34. The fraction of sp³-hybridized carbons (Fsp3) is 0.286. The van der Waals surface area contributed by atoms with Crippen LogP contribution in [-0.4, -0.2) is 30.0 Å². The predicted octanol–water partition coefficient (Wildman–Crippen LogP) is 1.39. The standard InChI is InChI=1S/C14H16N2O3/c1-9(17)16-13(14(18)19-2)8-10-4-3-5-12-11(10)6-7-15-12/h3-7,13,15H,8H2,1-2H3,(H,16,17)/t13-/m0/s1. The van der Waals surface area contributed by atoms with E-state index in [0.717, 1.165) is 16.5 Å². The van der Waals surface area contributed by atoms with Crippen LogP contribution in [0.4, 0.5) is 0 Å². The summed E-state index contributed by atoms with van der Waals surface area (Å²) in [4.78, 5) is 25.9. The highest BCUT2D eigenvalue weighted by molar-refractivity contribution is 5.86. The number of aromatic amines is 1. The molecule has 0 radical (unpaired) electrons. The van der Waals surface area contributed by atoms with E-state index in [9.17, 15) is 9.59 Å². The van der Waals surface area contributed by atoms with E-state index in [4.69, 9.17) is 4.74 Å². The van der Waals surface area contributed by atoms with Crippen LogP contribution in [0.1, 0.15) is 12.5 Å². The van der Waals surface area contributed by atoms with Crippen molar-refractivity contribution in [3.8, 4) is 0 Å². The number of methoxy groups -OCH3 is 1. The molecule has 2 rings (SSSR count). The van der Waals surface area contributed by atoms with Gasteiger partial charge in [-0.05, 0) is 17.7 Å². The summed E-state index contributed by atoms with van der Waals surface area (Å²) < 4.78 is 4.72. The summed E-state index contributed by atoms with van der Waals surface area (Å²) in [5.74, 6) is -0.695. The van der Waals surface area contributed by atoms with Crippen LogP contribution in [0.2, 0.25) is 0 Å². The summed E-state index contributed by atoms with van der Waals surface area (Å²) in [5.41, 5.74) is 1.99. The Labute approximate surface area is 110 Å². The SMILES string of the molecule is COC(=O)[C@H](Cc1cccc2[nH]ccc12)NC(C)=O. The molecule has 0 spiro atoms. The molecule has 5 heteroatoms. The zero-order valence-electron chi connectivity index (χ0n) is 10.9. The molecular weight excluding hydrogens is 244 g/mol. The molecule has 0 aliphatic heterocycles. The molecule has 1 aromatic heterocycles. The molecule has 0 fully saturated rings. The monoisotopic (exact) mass is 260 g/mol. The van der Waals surface area contributed by atoms with Gasteiger partial charge >= 0.3 is 5.97 Å². The van der Waals surface area contributed by atoms with E-state index < -0.39 is 12.0 Å². The third-order valence-electron chi connectivity index (χ3n) is 2.97. The van der Waals surface area contributed by atoms with E-state index in [1.54, 1.807) is 0 Å². The van der Waals surface area contributed by atoms with Crippen molar-refractivity contribution in [1.29, 1.82) is 0 Å². The molecular formula is C14H16N2O3. The van der Waals surface area contributed by atoms with Gasteiger partial charge in [0.15, 0.2) is 0 Å². The van der Waals surface area contributed by atoms with Gasteiger partial charge in [-0.1, -0.05) is 12.1 Å². The second kappa shape index (κ2) is 5.56. The van der Waals surface area contributed by atoms with Crippen molar-refractivity contribution in [1.82, 2.24) is 10.3 Å². The van der Waals surface area contributed by atoms with Gasteiger partial charge in [-0.2, -0.15) is 0 Å². The van der Waals surface area contributed by atoms with Crippen molar-refractivity contribution < 1.29 is 14.3 Å². The van der Waals surface area contributed by atoms with Gasteiger partial charge in [0, 0.05) is 30.4 Å². The molecule has 100 valence electrons. The fourth-order valence-electron chi connectivity index (χ4n) is 2.13. The third kappa shape index (κ3) is 2.93. The first-order chi connectivity index (χ1) is 9.11. The molecule has 1 aromatic carbocycles. The number of rotatable bonds is 4. The Balaban J connectivity index is 2.27. The average Bonchev–Trinajstić information content (AvgIpc) is 2.85. The number of H-pyrrole nitrogens is 1. The quantitative estimate of drug-likeness (QED) is 0.816. The number of nitrogens with one attached hydrogen (secondary N) is 2.